The summed E-state index contributed by atoms with van der Waals surface area (Å²) in [7, 11) is 7.13. The fourth-order valence-corrected chi connectivity index (χ4v) is 2.22. The van der Waals surface area contributed by atoms with Crippen molar-refractivity contribution in [1.82, 2.24) is 0 Å². The molecule has 4 heteroatoms. The summed E-state index contributed by atoms with van der Waals surface area (Å²) in [5, 5.41) is 0. The summed E-state index contributed by atoms with van der Waals surface area (Å²) in [4.78, 5) is 13.2. The Hall–Kier alpha value is -2.49. The molecule has 110 valence electrons. The summed E-state index contributed by atoms with van der Waals surface area (Å²) >= 11 is 0. The number of aldehydes is 1. The van der Waals surface area contributed by atoms with Crippen molar-refractivity contribution >= 4 is 12.0 Å². The van der Waals surface area contributed by atoms with Gasteiger partial charge in [-0.3, -0.25) is 4.79 Å². The molecule has 0 aliphatic rings. The Labute approximate surface area is 124 Å². The first-order valence-electron chi connectivity index (χ1n) is 6.59. The van der Waals surface area contributed by atoms with Crippen LogP contribution in [0.25, 0.3) is 11.1 Å². The van der Waals surface area contributed by atoms with Crippen molar-refractivity contribution in [2.45, 2.75) is 0 Å². The zero-order valence-electron chi connectivity index (χ0n) is 12.7. The maximum absolute atomic E-state index is 11.1. The highest BCUT2D eigenvalue weighted by Crippen LogP contribution is 2.39. The lowest BCUT2D eigenvalue weighted by Gasteiger charge is -2.17. The molecule has 0 saturated heterocycles. The standard InChI is InChI=1S/C17H19NO3/c1-18(2)14-7-5-6-13(10-14)15-8-12(11-19)9-16(20-3)17(15)21-4/h5-11H,1-4H3. The molecule has 0 fully saturated rings. The summed E-state index contributed by atoms with van der Waals surface area (Å²) in [6.07, 6.45) is 0.807. The third-order valence-electron chi connectivity index (χ3n) is 3.31. The van der Waals surface area contributed by atoms with E-state index in [0.717, 1.165) is 23.1 Å². The molecular weight excluding hydrogens is 266 g/mol. The van der Waals surface area contributed by atoms with Crippen LogP contribution in [-0.4, -0.2) is 34.6 Å². The Morgan fingerprint density at radius 1 is 1.05 bits per heavy atom. The molecule has 0 amide bonds. The van der Waals surface area contributed by atoms with E-state index >= 15 is 0 Å². The third kappa shape index (κ3) is 2.99. The Bertz CT molecular complexity index is 650. The lowest BCUT2D eigenvalue weighted by Crippen LogP contribution is -2.08. The van der Waals surface area contributed by atoms with Gasteiger partial charge in [-0.2, -0.15) is 0 Å². The fourth-order valence-electron chi connectivity index (χ4n) is 2.22. The minimum Gasteiger partial charge on any atom is -0.493 e. The van der Waals surface area contributed by atoms with Crippen LogP contribution >= 0.6 is 0 Å². The summed E-state index contributed by atoms with van der Waals surface area (Å²) < 4.78 is 10.8. The van der Waals surface area contributed by atoms with E-state index in [1.807, 2.05) is 49.3 Å². The number of ether oxygens (including phenoxy) is 2. The van der Waals surface area contributed by atoms with Gasteiger partial charge in [-0.25, -0.2) is 0 Å². The van der Waals surface area contributed by atoms with Crippen molar-refractivity contribution in [3.05, 3.63) is 42.0 Å². The Kier molecular flexibility index (Phi) is 4.48. The molecule has 0 aliphatic heterocycles. The van der Waals surface area contributed by atoms with Gasteiger partial charge in [0.15, 0.2) is 11.5 Å². The molecule has 0 atom stereocenters. The monoisotopic (exact) mass is 285 g/mol. The summed E-state index contributed by atoms with van der Waals surface area (Å²) in [6.45, 7) is 0. The number of carbonyl (C=O) groups excluding carboxylic acids is 1. The predicted octanol–water partition coefficient (Wildman–Crippen LogP) is 3.25. The summed E-state index contributed by atoms with van der Waals surface area (Å²) in [5.41, 5.74) is 3.44. The molecule has 0 aliphatic carbocycles. The van der Waals surface area contributed by atoms with Gasteiger partial charge in [-0.1, -0.05) is 12.1 Å². The molecule has 0 spiro atoms. The maximum atomic E-state index is 11.1. The van der Waals surface area contributed by atoms with E-state index in [4.69, 9.17) is 9.47 Å². The summed E-state index contributed by atoms with van der Waals surface area (Å²) in [6, 6.07) is 11.5. The van der Waals surface area contributed by atoms with Gasteiger partial charge in [0.1, 0.15) is 6.29 Å². The van der Waals surface area contributed by atoms with Crippen molar-refractivity contribution in [3.63, 3.8) is 0 Å². The molecule has 0 radical (unpaired) electrons. The molecule has 4 nitrogen and oxygen atoms in total. The largest absolute Gasteiger partial charge is 0.493 e. The maximum Gasteiger partial charge on any atom is 0.168 e. The van der Waals surface area contributed by atoms with Crippen LogP contribution in [-0.2, 0) is 0 Å². The highest BCUT2D eigenvalue weighted by molar-refractivity contribution is 5.85. The normalized spacial score (nSPS) is 10.1. The third-order valence-corrected chi connectivity index (χ3v) is 3.31. The van der Waals surface area contributed by atoms with E-state index < -0.39 is 0 Å². The van der Waals surface area contributed by atoms with E-state index in [-0.39, 0.29) is 0 Å². The van der Waals surface area contributed by atoms with Gasteiger partial charge in [-0.05, 0) is 29.8 Å². The van der Waals surface area contributed by atoms with Crippen LogP contribution in [0, 0.1) is 0 Å². The van der Waals surface area contributed by atoms with Crippen LogP contribution < -0.4 is 14.4 Å². The Balaban J connectivity index is 2.66. The van der Waals surface area contributed by atoms with Crippen molar-refractivity contribution in [3.8, 4) is 22.6 Å². The van der Waals surface area contributed by atoms with Gasteiger partial charge in [0, 0.05) is 30.9 Å². The second kappa shape index (κ2) is 6.31. The lowest BCUT2D eigenvalue weighted by atomic mass is 10.0. The van der Waals surface area contributed by atoms with Crippen molar-refractivity contribution in [2.24, 2.45) is 0 Å². The van der Waals surface area contributed by atoms with E-state index in [1.54, 1.807) is 20.3 Å². The fraction of sp³-hybridized carbons (Fsp3) is 0.235. The molecule has 0 saturated carbocycles. The average Bonchev–Trinajstić information content (AvgIpc) is 2.53. The second-order valence-electron chi connectivity index (χ2n) is 4.87. The van der Waals surface area contributed by atoms with Crippen LogP contribution in [0.2, 0.25) is 0 Å². The van der Waals surface area contributed by atoms with Crippen LogP contribution in [0.1, 0.15) is 10.4 Å². The topological polar surface area (TPSA) is 38.8 Å². The molecule has 0 heterocycles. The number of carbonyl (C=O) groups is 1. The molecule has 0 N–H and O–H groups in total. The highest BCUT2D eigenvalue weighted by Gasteiger charge is 2.14. The first-order chi connectivity index (χ1) is 10.1. The van der Waals surface area contributed by atoms with E-state index in [1.165, 1.54) is 0 Å². The first kappa shape index (κ1) is 14.9. The molecule has 0 bridgehead atoms. The average molecular weight is 285 g/mol. The minimum absolute atomic E-state index is 0.548. The molecule has 2 aromatic rings. The predicted molar refractivity (Wildman–Crippen MR) is 84.7 cm³/mol. The number of methoxy groups -OCH3 is 2. The zero-order valence-corrected chi connectivity index (χ0v) is 12.7. The van der Waals surface area contributed by atoms with Gasteiger partial charge in [0.2, 0.25) is 0 Å². The quantitative estimate of drug-likeness (QED) is 0.790. The van der Waals surface area contributed by atoms with Crippen molar-refractivity contribution in [1.29, 1.82) is 0 Å². The van der Waals surface area contributed by atoms with Gasteiger partial charge in [0.25, 0.3) is 0 Å². The molecule has 2 rings (SSSR count). The SMILES string of the molecule is COc1cc(C=O)cc(-c2cccc(N(C)C)c2)c1OC. The lowest BCUT2D eigenvalue weighted by molar-refractivity contribution is 0.112. The summed E-state index contributed by atoms with van der Waals surface area (Å²) in [5.74, 6) is 1.17. The van der Waals surface area contributed by atoms with Crippen LogP contribution in [0.4, 0.5) is 5.69 Å². The molecule has 21 heavy (non-hydrogen) atoms. The molecular formula is C17H19NO3. The van der Waals surface area contributed by atoms with Gasteiger partial charge in [0.05, 0.1) is 14.2 Å². The number of anilines is 1. The van der Waals surface area contributed by atoms with Gasteiger partial charge < -0.3 is 14.4 Å². The number of rotatable bonds is 5. The number of hydrogen-bond donors (Lipinski definition) is 0. The number of hydrogen-bond acceptors (Lipinski definition) is 4. The van der Waals surface area contributed by atoms with Gasteiger partial charge in [-0.15, -0.1) is 0 Å². The van der Waals surface area contributed by atoms with Gasteiger partial charge >= 0.3 is 0 Å². The van der Waals surface area contributed by atoms with Crippen molar-refractivity contribution in [2.75, 3.05) is 33.2 Å². The van der Waals surface area contributed by atoms with E-state index in [2.05, 4.69) is 0 Å². The smallest absolute Gasteiger partial charge is 0.168 e. The highest BCUT2D eigenvalue weighted by atomic mass is 16.5. The number of nitrogens with zero attached hydrogens (tertiary/aromatic N) is 1. The Morgan fingerprint density at radius 2 is 1.81 bits per heavy atom. The zero-order chi connectivity index (χ0) is 15.4. The van der Waals surface area contributed by atoms with Crippen LogP contribution in [0.3, 0.4) is 0 Å². The number of benzene rings is 2. The van der Waals surface area contributed by atoms with Crippen LogP contribution in [0.15, 0.2) is 36.4 Å². The first-order valence-corrected chi connectivity index (χ1v) is 6.59. The molecule has 0 unspecified atom stereocenters. The second-order valence-corrected chi connectivity index (χ2v) is 4.87. The van der Waals surface area contributed by atoms with E-state index in [0.29, 0.717) is 17.1 Å². The minimum atomic E-state index is 0.548. The van der Waals surface area contributed by atoms with Crippen LogP contribution in [0.5, 0.6) is 11.5 Å². The molecule has 0 aromatic heterocycles. The Morgan fingerprint density at radius 3 is 2.38 bits per heavy atom. The van der Waals surface area contributed by atoms with E-state index in [9.17, 15) is 4.79 Å². The molecule has 2 aromatic carbocycles. The van der Waals surface area contributed by atoms with Crippen molar-refractivity contribution < 1.29 is 14.3 Å².